The van der Waals surface area contributed by atoms with Crippen LogP contribution in [-0.4, -0.2) is 7.05 Å². The third-order valence-electron chi connectivity index (χ3n) is 3.78. The Morgan fingerprint density at radius 2 is 1.79 bits per heavy atom. The van der Waals surface area contributed by atoms with Gasteiger partial charge in [0.25, 0.3) is 0 Å². The topological polar surface area (TPSA) is 12.0 Å². The standard InChI is InChI=1S/C17H28ClN/c1-4-5-6-7-8-9-10-17(19-3)15-11-12-16(18)14(2)13-15/h11-13,17,19H,4-10H2,1-3H3. The van der Waals surface area contributed by atoms with Gasteiger partial charge in [-0.1, -0.05) is 69.2 Å². The summed E-state index contributed by atoms with van der Waals surface area (Å²) in [7, 11) is 2.05. The first kappa shape index (κ1) is 16.5. The van der Waals surface area contributed by atoms with Gasteiger partial charge in [0.1, 0.15) is 0 Å². The first-order valence-corrected chi connectivity index (χ1v) is 8.00. The molecular formula is C17H28ClN. The van der Waals surface area contributed by atoms with Crippen LogP contribution in [0.15, 0.2) is 18.2 Å². The Kier molecular flexibility index (Phi) is 8.16. The fourth-order valence-corrected chi connectivity index (χ4v) is 2.61. The molecule has 1 rings (SSSR count). The zero-order chi connectivity index (χ0) is 14.1. The Labute approximate surface area is 123 Å². The third-order valence-corrected chi connectivity index (χ3v) is 4.20. The lowest BCUT2D eigenvalue weighted by atomic mass is 9.98. The summed E-state index contributed by atoms with van der Waals surface area (Å²) in [5.41, 5.74) is 2.53. The number of nitrogens with one attached hydrogen (secondary N) is 1. The number of halogens is 1. The molecule has 0 aliphatic carbocycles. The van der Waals surface area contributed by atoms with Crippen LogP contribution in [0, 0.1) is 6.92 Å². The minimum absolute atomic E-state index is 0.460. The maximum absolute atomic E-state index is 6.08. The quantitative estimate of drug-likeness (QED) is 0.576. The van der Waals surface area contributed by atoms with Gasteiger partial charge in [-0.05, 0) is 37.6 Å². The molecule has 0 spiro atoms. The molecule has 0 saturated carbocycles. The van der Waals surface area contributed by atoms with Crippen LogP contribution < -0.4 is 5.32 Å². The van der Waals surface area contributed by atoms with Gasteiger partial charge in [-0.15, -0.1) is 0 Å². The SMILES string of the molecule is CCCCCCCCC(NC)c1ccc(Cl)c(C)c1. The van der Waals surface area contributed by atoms with Crippen molar-refractivity contribution in [1.29, 1.82) is 0 Å². The molecule has 0 saturated heterocycles. The molecule has 1 N–H and O–H groups in total. The van der Waals surface area contributed by atoms with Crippen LogP contribution in [0.5, 0.6) is 0 Å². The van der Waals surface area contributed by atoms with Gasteiger partial charge in [-0.3, -0.25) is 0 Å². The summed E-state index contributed by atoms with van der Waals surface area (Å²) >= 11 is 6.08. The normalized spacial score (nSPS) is 12.6. The second-order valence-electron chi connectivity index (χ2n) is 5.41. The van der Waals surface area contributed by atoms with Crippen molar-refractivity contribution < 1.29 is 0 Å². The molecule has 1 nitrogen and oxygen atoms in total. The Hall–Kier alpha value is -0.530. The van der Waals surface area contributed by atoms with Crippen LogP contribution in [0.2, 0.25) is 5.02 Å². The number of hydrogen-bond donors (Lipinski definition) is 1. The first-order valence-electron chi connectivity index (χ1n) is 7.62. The van der Waals surface area contributed by atoms with E-state index < -0.39 is 0 Å². The van der Waals surface area contributed by atoms with Crippen LogP contribution in [0.25, 0.3) is 0 Å². The maximum Gasteiger partial charge on any atom is 0.0435 e. The van der Waals surface area contributed by atoms with E-state index in [1.807, 2.05) is 13.1 Å². The maximum atomic E-state index is 6.08. The molecule has 2 heteroatoms. The van der Waals surface area contributed by atoms with Gasteiger partial charge in [0.15, 0.2) is 0 Å². The van der Waals surface area contributed by atoms with E-state index in [1.54, 1.807) is 0 Å². The molecule has 0 aliphatic heterocycles. The van der Waals surface area contributed by atoms with E-state index in [9.17, 15) is 0 Å². The van der Waals surface area contributed by atoms with Crippen molar-refractivity contribution in [3.63, 3.8) is 0 Å². The molecule has 0 bridgehead atoms. The highest BCUT2D eigenvalue weighted by Crippen LogP contribution is 2.24. The molecule has 0 amide bonds. The highest BCUT2D eigenvalue weighted by molar-refractivity contribution is 6.31. The molecule has 0 heterocycles. The zero-order valence-electron chi connectivity index (χ0n) is 12.6. The molecule has 0 aliphatic rings. The summed E-state index contributed by atoms with van der Waals surface area (Å²) in [6.07, 6.45) is 9.34. The van der Waals surface area contributed by atoms with Gasteiger partial charge in [0.05, 0.1) is 0 Å². The molecule has 19 heavy (non-hydrogen) atoms. The van der Waals surface area contributed by atoms with E-state index in [1.165, 1.54) is 56.1 Å². The van der Waals surface area contributed by atoms with Crippen molar-refractivity contribution in [3.05, 3.63) is 34.3 Å². The first-order chi connectivity index (χ1) is 9.19. The monoisotopic (exact) mass is 281 g/mol. The smallest absolute Gasteiger partial charge is 0.0435 e. The van der Waals surface area contributed by atoms with Crippen LogP contribution in [0.3, 0.4) is 0 Å². The minimum Gasteiger partial charge on any atom is -0.313 e. The third kappa shape index (κ3) is 5.97. The van der Waals surface area contributed by atoms with Crippen LogP contribution in [0.1, 0.15) is 69.0 Å². The molecule has 1 aromatic carbocycles. The van der Waals surface area contributed by atoms with Crippen molar-refractivity contribution in [2.75, 3.05) is 7.05 Å². The number of hydrogen-bond acceptors (Lipinski definition) is 1. The van der Waals surface area contributed by atoms with E-state index in [4.69, 9.17) is 11.6 Å². The van der Waals surface area contributed by atoms with Crippen molar-refractivity contribution in [1.82, 2.24) is 5.32 Å². The number of rotatable bonds is 9. The predicted octanol–water partition coefficient (Wildman–Crippen LogP) is 5.66. The summed E-state index contributed by atoms with van der Waals surface area (Å²) in [5.74, 6) is 0. The van der Waals surface area contributed by atoms with E-state index in [2.05, 4.69) is 31.3 Å². The second-order valence-corrected chi connectivity index (χ2v) is 5.81. The van der Waals surface area contributed by atoms with Crippen LogP contribution >= 0.6 is 11.6 Å². The number of benzene rings is 1. The Morgan fingerprint density at radius 1 is 1.11 bits per heavy atom. The number of aryl methyl sites for hydroxylation is 1. The molecule has 1 atom stereocenters. The molecule has 0 aromatic heterocycles. The van der Waals surface area contributed by atoms with Gasteiger partial charge >= 0.3 is 0 Å². The molecule has 1 unspecified atom stereocenters. The largest absolute Gasteiger partial charge is 0.313 e. The van der Waals surface area contributed by atoms with Gasteiger partial charge in [0.2, 0.25) is 0 Å². The Balaban J connectivity index is 2.38. The predicted molar refractivity (Wildman–Crippen MR) is 86.0 cm³/mol. The van der Waals surface area contributed by atoms with E-state index in [0.29, 0.717) is 6.04 Å². The van der Waals surface area contributed by atoms with Gasteiger partial charge in [0, 0.05) is 11.1 Å². The van der Waals surface area contributed by atoms with Crippen molar-refractivity contribution in [2.24, 2.45) is 0 Å². The lowest BCUT2D eigenvalue weighted by Gasteiger charge is -2.17. The zero-order valence-corrected chi connectivity index (χ0v) is 13.4. The summed E-state index contributed by atoms with van der Waals surface area (Å²) in [5, 5.41) is 4.28. The minimum atomic E-state index is 0.460. The average Bonchev–Trinajstić information content (AvgIpc) is 2.41. The summed E-state index contributed by atoms with van der Waals surface area (Å²) in [6, 6.07) is 6.83. The summed E-state index contributed by atoms with van der Waals surface area (Å²) < 4.78 is 0. The second kappa shape index (κ2) is 9.39. The number of unbranched alkanes of at least 4 members (excludes halogenated alkanes) is 5. The van der Waals surface area contributed by atoms with E-state index >= 15 is 0 Å². The highest BCUT2D eigenvalue weighted by Gasteiger charge is 2.09. The molecule has 1 aromatic rings. The highest BCUT2D eigenvalue weighted by atomic mass is 35.5. The van der Waals surface area contributed by atoms with Gasteiger partial charge in [-0.2, -0.15) is 0 Å². The lowest BCUT2D eigenvalue weighted by Crippen LogP contribution is -2.16. The summed E-state index contributed by atoms with van der Waals surface area (Å²) in [4.78, 5) is 0. The molecular weight excluding hydrogens is 254 g/mol. The average molecular weight is 282 g/mol. The fourth-order valence-electron chi connectivity index (χ4n) is 2.49. The molecule has 0 fully saturated rings. The van der Waals surface area contributed by atoms with Crippen molar-refractivity contribution in [2.45, 2.75) is 64.8 Å². The van der Waals surface area contributed by atoms with Crippen LogP contribution in [0.4, 0.5) is 0 Å². The molecule has 108 valence electrons. The lowest BCUT2D eigenvalue weighted by molar-refractivity contribution is 0.498. The van der Waals surface area contributed by atoms with Crippen LogP contribution in [-0.2, 0) is 0 Å². The fraction of sp³-hybridized carbons (Fsp3) is 0.647. The van der Waals surface area contributed by atoms with Gasteiger partial charge < -0.3 is 5.32 Å². The molecule has 0 radical (unpaired) electrons. The van der Waals surface area contributed by atoms with E-state index in [-0.39, 0.29) is 0 Å². The Morgan fingerprint density at radius 3 is 2.42 bits per heavy atom. The van der Waals surface area contributed by atoms with Crippen molar-refractivity contribution >= 4 is 11.6 Å². The Bertz CT molecular complexity index is 362. The summed E-state index contributed by atoms with van der Waals surface area (Å²) in [6.45, 7) is 4.34. The van der Waals surface area contributed by atoms with E-state index in [0.717, 1.165) is 5.02 Å². The van der Waals surface area contributed by atoms with Crippen molar-refractivity contribution in [3.8, 4) is 0 Å². The van der Waals surface area contributed by atoms with Gasteiger partial charge in [-0.25, -0.2) is 0 Å².